The predicted octanol–water partition coefficient (Wildman–Crippen LogP) is 6.78. The maximum Gasteiger partial charge on any atom is 0.310 e. The predicted molar refractivity (Wildman–Crippen MR) is 74.4 cm³/mol. The Hall–Kier alpha value is -2.02. The van der Waals surface area contributed by atoms with Gasteiger partial charge in [0.2, 0.25) is 0 Å². The van der Waals surface area contributed by atoms with Crippen LogP contribution < -0.4 is 4.74 Å². The number of ether oxygens (including phenoxy) is 1. The van der Waals surface area contributed by atoms with Gasteiger partial charge in [-0.05, 0) is 42.0 Å². The minimum absolute atomic E-state index is 0.0342. The molecule has 0 spiro atoms. The molecule has 0 atom stereocenters. The van der Waals surface area contributed by atoms with Gasteiger partial charge in [0.15, 0.2) is 0 Å². The Bertz CT molecular complexity index is 659. The third-order valence-electron chi connectivity index (χ3n) is 2.62. The van der Waals surface area contributed by atoms with Crippen molar-refractivity contribution in [1.82, 2.24) is 0 Å². The lowest BCUT2D eigenvalue weighted by Gasteiger charge is -2.40. The fourth-order valence-corrected chi connectivity index (χ4v) is 2.22. The number of rotatable bonds is 4. The second-order valence-corrected chi connectivity index (χ2v) is 6.72. The summed E-state index contributed by atoms with van der Waals surface area (Å²) in [4.78, 5) is -1.94. The highest BCUT2D eigenvalue weighted by molar-refractivity contribution is 8.45. The molecule has 0 unspecified atom stereocenters. The van der Waals surface area contributed by atoms with E-state index >= 15 is 0 Å². The van der Waals surface area contributed by atoms with Crippen molar-refractivity contribution < 1.29 is 24.2 Å². The molecule has 2 rings (SSSR count). The number of hydrogen-bond donors (Lipinski definition) is 0. The third-order valence-corrected chi connectivity index (χ3v) is 3.78. The molecule has 7 heteroatoms. The van der Waals surface area contributed by atoms with Crippen molar-refractivity contribution >= 4 is 16.3 Å². The standard InChI is InChI=1S/C14H11F5OS/c1-2-11-3-5-12(6-4-11)20-13-7-9-14(10-8-13)21(15,16,17,18)19/h2-10H,1H2. The van der Waals surface area contributed by atoms with Crippen LogP contribution in [0, 0.1) is 0 Å². The van der Waals surface area contributed by atoms with Crippen molar-refractivity contribution in [2.45, 2.75) is 4.90 Å². The van der Waals surface area contributed by atoms with Crippen LogP contribution in [0.3, 0.4) is 0 Å². The number of halogens is 5. The molecule has 0 saturated heterocycles. The van der Waals surface area contributed by atoms with Gasteiger partial charge in [-0.25, -0.2) is 0 Å². The summed E-state index contributed by atoms with van der Waals surface area (Å²) in [6.07, 6.45) is 1.62. The van der Waals surface area contributed by atoms with Gasteiger partial charge in [0.1, 0.15) is 16.4 Å². The first kappa shape index (κ1) is 15.4. The van der Waals surface area contributed by atoms with E-state index in [-0.39, 0.29) is 5.75 Å². The molecule has 0 aliphatic heterocycles. The van der Waals surface area contributed by atoms with Crippen LogP contribution in [-0.2, 0) is 0 Å². The van der Waals surface area contributed by atoms with E-state index in [4.69, 9.17) is 4.74 Å². The molecule has 0 fully saturated rings. The molecule has 0 aliphatic rings. The molecular formula is C14H11F5OS. The molecule has 0 N–H and O–H groups in total. The van der Waals surface area contributed by atoms with E-state index < -0.39 is 15.1 Å². The van der Waals surface area contributed by atoms with Gasteiger partial charge < -0.3 is 4.74 Å². The van der Waals surface area contributed by atoms with Gasteiger partial charge in [0.05, 0.1) is 0 Å². The van der Waals surface area contributed by atoms with Crippen molar-refractivity contribution in [3.05, 3.63) is 60.7 Å². The zero-order valence-electron chi connectivity index (χ0n) is 10.6. The van der Waals surface area contributed by atoms with Crippen molar-refractivity contribution in [3.8, 4) is 11.5 Å². The van der Waals surface area contributed by atoms with Crippen LogP contribution in [0.2, 0.25) is 0 Å². The first-order valence-electron chi connectivity index (χ1n) is 5.72. The molecule has 0 saturated carbocycles. The van der Waals surface area contributed by atoms with Crippen molar-refractivity contribution in [1.29, 1.82) is 0 Å². The minimum atomic E-state index is -9.63. The van der Waals surface area contributed by atoms with Crippen LogP contribution in [-0.4, -0.2) is 0 Å². The van der Waals surface area contributed by atoms with Crippen LogP contribution in [0.1, 0.15) is 5.56 Å². The lowest BCUT2D eigenvalue weighted by atomic mass is 10.2. The second kappa shape index (κ2) is 4.24. The van der Waals surface area contributed by atoms with Crippen LogP contribution >= 0.6 is 10.2 Å². The highest BCUT2D eigenvalue weighted by Crippen LogP contribution is 3.02. The molecule has 1 nitrogen and oxygen atoms in total. The topological polar surface area (TPSA) is 9.23 Å². The van der Waals surface area contributed by atoms with Gasteiger partial charge in [-0.15, -0.1) is 0 Å². The van der Waals surface area contributed by atoms with E-state index in [9.17, 15) is 19.4 Å². The Balaban J connectivity index is 2.22. The molecule has 0 amide bonds. The van der Waals surface area contributed by atoms with Gasteiger partial charge in [-0.1, -0.05) is 44.2 Å². The summed E-state index contributed by atoms with van der Waals surface area (Å²) >= 11 is 0. The first-order chi connectivity index (χ1) is 9.47. The average Bonchev–Trinajstić information content (AvgIpc) is 2.37. The molecule has 21 heavy (non-hydrogen) atoms. The van der Waals surface area contributed by atoms with E-state index in [0.29, 0.717) is 17.9 Å². The lowest BCUT2D eigenvalue weighted by Crippen LogP contribution is -2.05. The van der Waals surface area contributed by atoms with Crippen LogP contribution in [0.4, 0.5) is 19.4 Å². The quantitative estimate of drug-likeness (QED) is 0.564. The summed E-state index contributed by atoms with van der Waals surface area (Å²) < 4.78 is 68.0. The second-order valence-electron chi connectivity index (χ2n) is 4.32. The lowest BCUT2D eigenvalue weighted by molar-refractivity contribution is 0.364. The summed E-state index contributed by atoms with van der Waals surface area (Å²) in [6, 6.07) is 8.93. The summed E-state index contributed by atoms with van der Waals surface area (Å²) in [5, 5.41) is 0. The van der Waals surface area contributed by atoms with Crippen molar-refractivity contribution in [2.75, 3.05) is 0 Å². The molecule has 2 aromatic carbocycles. The van der Waals surface area contributed by atoms with Gasteiger partial charge >= 0.3 is 10.2 Å². The average molecular weight is 322 g/mol. The molecule has 114 valence electrons. The Morgan fingerprint density at radius 1 is 0.762 bits per heavy atom. The maximum atomic E-state index is 12.5. The van der Waals surface area contributed by atoms with Crippen molar-refractivity contribution in [3.63, 3.8) is 0 Å². The first-order valence-corrected chi connectivity index (χ1v) is 7.67. The minimum Gasteiger partial charge on any atom is -0.457 e. The van der Waals surface area contributed by atoms with Gasteiger partial charge in [-0.2, -0.15) is 0 Å². The van der Waals surface area contributed by atoms with E-state index in [0.717, 1.165) is 17.7 Å². The summed E-state index contributed by atoms with van der Waals surface area (Å²) in [5.41, 5.74) is 0.846. The monoisotopic (exact) mass is 322 g/mol. The van der Waals surface area contributed by atoms with Crippen LogP contribution in [0.5, 0.6) is 11.5 Å². The SMILES string of the molecule is C=Cc1ccc(Oc2ccc(S(F)(F)(F)(F)F)cc2)cc1. The smallest absolute Gasteiger partial charge is 0.310 e. The molecular weight excluding hydrogens is 311 g/mol. The van der Waals surface area contributed by atoms with Crippen LogP contribution in [0.15, 0.2) is 60.0 Å². The Morgan fingerprint density at radius 2 is 1.19 bits per heavy atom. The fraction of sp³-hybridized carbons (Fsp3) is 0. The highest BCUT2D eigenvalue weighted by atomic mass is 32.5. The van der Waals surface area contributed by atoms with Crippen LogP contribution in [0.25, 0.3) is 6.08 Å². The van der Waals surface area contributed by atoms with E-state index in [1.807, 2.05) is 0 Å². The summed E-state index contributed by atoms with van der Waals surface area (Å²) in [7, 11) is -9.63. The largest absolute Gasteiger partial charge is 0.457 e. The maximum absolute atomic E-state index is 12.5. The molecule has 2 aromatic rings. The van der Waals surface area contributed by atoms with E-state index in [1.54, 1.807) is 30.3 Å². The summed E-state index contributed by atoms with van der Waals surface area (Å²) in [5.74, 6) is 0.410. The molecule has 0 aliphatic carbocycles. The summed E-state index contributed by atoms with van der Waals surface area (Å²) in [6.45, 7) is 3.58. The Kier molecular flexibility index (Phi) is 3.10. The molecule has 0 heterocycles. The number of hydrogen-bond acceptors (Lipinski definition) is 1. The zero-order chi connectivity index (χ0) is 15.8. The molecule has 0 bridgehead atoms. The number of benzene rings is 2. The Labute approximate surface area is 118 Å². The van der Waals surface area contributed by atoms with Crippen molar-refractivity contribution in [2.24, 2.45) is 0 Å². The zero-order valence-corrected chi connectivity index (χ0v) is 11.4. The highest BCUT2D eigenvalue weighted by Gasteiger charge is 2.65. The normalized spacial score (nSPS) is 14.9. The molecule has 0 aromatic heterocycles. The molecule has 0 radical (unpaired) electrons. The van der Waals surface area contributed by atoms with E-state index in [2.05, 4.69) is 6.58 Å². The third kappa shape index (κ3) is 3.98. The fourth-order valence-electron chi connectivity index (χ4n) is 1.57. The van der Waals surface area contributed by atoms with Gasteiger partial charge in [-0.3, -0.25) is 0 Å². The van der Waals surface area contributed by atoms with Gasteiger partial charge in [0, 0.05) is 0 Å². The van der Waals surface area contributed by atoms with Gasteiger partial charge in [0.25, 0.3) is 0 Å². The Morgan fingerprint density at radius 3 is 1.57 bits per heavy atom. The van der Waals surface area contributed by atoms with E-state index in [1.165, 1.54) is 0 Å².